The van der Waals surface area contributed by atoms with Gasteiger partial charge in [0.1, 0.15) is 6.67 Å². The molecule has 1 fully saturated rings. The molecule has 1 atom stereocenters. The lowest BCUT2D eigenvalue weighted by Gasteiger charge is -2.29. The lowest BCUT2D eigenvalue weighted by atomic mass is 9.87. The van der Waals surface area contributed by atoms with Gasteiger partial charge < -0.3 is 4.74 Å². The van der Waals surface area contributed by atoms with Crippen LogP contribution in [0.5, 0.6) is 0 Å². The monoisotopic (exact) mass is 188 g/mol. The molecule has 0 aromatic rings. The number of rotatable bonds is 5. The molecule has 1 aliphatic rings. The second-order valence-electron chi connectivity index (χ2n) is 4.38. The number of hydrogen-bond donors (Lipinski definition) is 0. The Balaban J connectivity index is 2.70. The molecule has 13 heavy (non-hydrogen) atoms. The summed E-state index contributed by atoms with van der Waals surface area (Å²) in [6.07, 6.45) is 2.67. The Hall–Kier alpha value is -0.440. The van der Waals surface area contributed by atoms with E-state index in [2.05, 4.69) is 6.92 Å². The Morgan fingerprint density at radius 2 is 2.15 bits per heavy atom. The maximum Gasteiger partial charge on any atom is 0.164 e. The molecule has 0 amide bonds. The number of alkyl halides is 1. The summed E-state index contributed by atoms with van der Waals surface area (Å²) in [5.41, 5.74) is -1.04. The van der Waals surface area contributed by atoms with Crippen molar-refractivity contribution >= 4 is 5.78 Å². The van der Waals surface area contributed by atoms with Gasteiger partial charge in [-0.3, -0.25) is 4.79 Å². The summed E-state index contributed by atoms with van der Waals surface area (Å²) in [5.74, 6) is -0.203. The minimum absolute atomic E-state index is 0.133. The number of Topliss-reactive ketones (excluding diaryl/α,β-unsaturated/α-hetero) is 1. The number of halogens is 1. The molecular formula is C10H17FO2. The van der Waals surface area contributed by atoms with Crippen molar-refractivity contribution in [1.82, 2.24) is 0 Å². The molecule has 0 aromatic carbocycles. The zero-order valence-electron chi connectivity index (χ0n) is 8.52. The first-order chi connectivity index (χ1) is 5.98. The minimum Gasteiger partial charge on any atom is -0.368 e. The molecule has 1 unspecified atom stereocenters. The zero-order chi connectivity index (χ0) is 10.1. The average molecular weight is 188 g/mol. The van der Waals surface area contributed by atoms with E-state index in [1.807, 2.05) is 0 Å². The number of ether oxygens (including phenoxy) is 1. The SMILES string of the molecule is COC(CF)(CC1(C)CC1)C(C)=O. The Labute approximate surface area is 78.5 Å². The number of carbonyl (C=O) groups excluding carboxylic acids is 1. The summed E-state index contributed by atoms with van der Waals surface area (Å²) >= 11 is 0. The van der Waals surface area contributed by atoms with E-state index in [1.54, 1.807) is 0 Å². The van der Waals surface area contributed by atoms with Crippen molar-refractivity contribution < 1.29 is 13.9 Å². The van der Waals surface area contributed by atoms with Crippen LogP contribution < -0.4 is 0 Å². The summed E-state index contributed by atoms with van der Waals surface area (Å²) in [6, 6.07) is 0. The van der Waals surface area contributed by atoms with E-state index in [9.17, 15) is 9.18 Å². The van der Waals surface area contributed by atoms with Gasteiger partial charge in [0.15, 0.2) is 11.4 Å². The highest BCUT2D eigenvalue weighted by molar-refractivity contribution is 5.85. The van der Waals surface area contributed by atoms with Crippen LogP contribution in [0.25, 0.3) is 0 Å². The third kappa shape index (κ3) is 2.08. The lowest BCUT2D eigenvalue weighted by Crippen LogP contribution is -2.43. The Bertz CT molecular complexity index is 205. The van der Waals surface area contributed by atoms with Crippen LogP contribution in [-0.4, -0.2) is 25.2 Å². The van der Waals surface area contributed by atoms with Crippen LogP contribution in [-0.2, 0) is 9.53 Å². The molecule has 1 rings (SSSR count). The van der Waals surface area contributed by atoms with Gasteiger partial charge in [-0.1, -0.05) is 6.92 Å². The van der Waals surface area contributed by atoms with Crippen LogP contribution in [0, 0.1) is 5.41 Å². The van der Waals surface area contributed by atoms with E-state index in [-0.39, 0.29) is 11.2 Å². The van der Waals surface area contributed by atoms with Crippen LogP contribution in [0.3, 0.4) is 0 Å². The first-order valence-electron chi connectivity index (χ1n) is 4.60. The molecule has 76 valence electrons. The first-order valence-corrected chi connectivity index (χ1v) is 4.60. The van der Waals surface area contributed by atoms with Crippen molar-refractivity contribution in [2.24, 2.45) is 5.41 Å². The second kappa shape index (κ2) is 3.37. The fraction of sp³-hybridized carbons (Fsp3) is 0.900. The summed E-state index contributed by atoms with van der Waals surface area (Å²) in [5, 5.41) is 0. The van der Waals surface area contributed by atoms with Gasteiger partial charge in [0.05, 0.1) is 0 Å². The molecule has 0 spiro atoms. The Morgan fingerprint density at radius 1 is 1.62 bits per heavy atom. The van der Waals surface area contributed by atoms with E-state index < -0.39 is 12.3 Å². The maximum absolute atomic E-state index is 12.8. The number of ketones is 1. The highest BCUT2D eigenvalue weighted by Crippen LogP contribution is 2.51. The molecule has 0 saturated heterocycles. The largest absolute Gasteiger partial charge is 0.368 e. The predicted octanol–water partition coefficient (Wildman–Crippen LogP) is 2.12. The van der Waals surface area contributed by atoms with E-state index in [1.165, 1.54) is 14.0 Å². The highest BCUT2D eigenvalue weighted by Gasteiger charge is 2.48. The molecule has 0 bridgehead atoms. The molecule has 0 heterocycles. The topological polar surface area (TPSA) is 26.3 Å². The van der Waals surface area contributed by atoms with Gasteiger partial charge in [0.25, 0.3) is 0 Å². The van der Waals surface area contributed by atoms with Crippen molar-refractivity contribution in [2.45, 2.75) is 38.7 Å². The highest BCUT2D eigenvalue weighted by atomic mass is 19.1. The molecule has 3 heteroatoms. The molecule has 0 aliphatic heterocycles. The zero-order valence-corrected chi connectivity index (χ0v) is 8.52. The number of methoxy groups -OCH3 is 1. The lowest BCUT2D eigenvalue weighted by molar-refractivity contribution is -0.143. The Morgan fingerprint density at radius 3 is 2.38 bits per heavy atom. The molecule has 2 nitrogen and oxygen atoms in total. The van der Waals surface area contributed by atoms with E-state index in [0.717, 1.165) is 12.8 Å². The van der Waals surface area contributed by atoms with E-state index >= 15 is 0 Å². The van der Waals surface area contributed by atoms with Crippen molar-refractivity contribution in [3.63, 3.8) is 0 Å². The van der Waals surface area contributed by atoms with Gasteiger partial charge in [-0.15, -0.1) is 0 Å². The van der Waals surface area contributed by atoms with Gasteiger partial charge in [0.2, 0.25) is 0 Å². The van der Waals surface area contributed by atoms with Gasteiger partial charge in [-0.2, -0.15) is 0 Å². The van der Waals surface area contributed by atoms with Gasteiger partial charge in [-0.25, -0.2) is 4.39 Å². The van der Waals surface area contributed by atoms with Crippen LogP contribution >= 0.6 is 0 Å². The fourth-order valence-electron chi connectivity index (χ4n) is 1.62. The number of carbonyl (C=O) groups is 1. The summed E-state index contributed by atoms with van der Waals surface area (Å²) in [7, 11) is 1.41. The summed E-state index contributed by atoms with van der Waals surface area (Å²) < 4.78 is 17.8. The third-order valence-corrected chi connectivity index (χ3v) is 3.06. The first kappa shape index (κ1) is 10.6. The molecule has 0 aromatic heterocycles. The van der Waals surface area contributed by atoms with Crippen molar-refractivity contribution in [3.05, 3.63) is 0 Å². The van der Waals surface area contributed by atoms with Crippen LogP contribution in [0.2, 0.25) is 0 Å². The van der Waals surface area contributed by atoms with Crippen LogP contribution in [0.15, 0.2) is 0 Å². The predicted molar refractivity (Wildman–Crippen MR) is 48.4 cm³/mol. The standard InChI is InChI=1S/C10H17FO2/c1-8(12)10(7-11,13-3)6-9(2)4-5-9/h4-7H2,1-3H3. The Kier molecular flexibility index (Phi) is 2.76. The van der Waals surface area contributed by atoms with E-state index in [4.69, 9.17) is 4.74 Å². The molecule has 1 aliphatic carbocycles. The van der Waals surface area contributed by atoms with Crippen molar-refractivity contribution in [3.8, 4) is 0 Å². The second-order valence-corrected chi connectivity index (χ2v) is 4.38. The van der Waals surface area contributed by atoms with Gasteiger partial charge >= 0.3 is 0 Å². The number of hydrogen-bond acceptors (Lipinski definition) is 2. The normalized spacial score (nSPS) is 23.7. The maximum atomic E-state index is 12.8. The smallest absolute Gasteiger partial charge is 0.164 e. The quantitative estimate of drug-likeness (QED) is 0.660. The molecule has 1 saturated carbocycles. The fourth-order valence-corrected chi connectivity index (χ4v) is 1.62. The van der Waals surface area contributed by atoms with Crippen molar-refractivity contribution in [2.75, 3.05) is 13.8 Å². The summed E-state index contributed by atoms with van der Waals surface area (Å²) in [4.78, 5) is 11.3. The minimum atomic E-state index is -1.18. The van der Waals surface area contributed by atoms with Crippen molar-refractivity contribution in [1.29, 1.82) is 0 Å². The molecule has 0 N–H and O–H groups in total. The van der Waals surface area contributed by atoms with Crippen LogP contribution in [0.1, 0.15) is 33.1 Å². The van der Waals surface area contributed by atoms with Gasteiger partial charge in [0, 0.05) is 7.11 Å². The third-order valence-electron chi connectivity index (χ3n) is 3.06. The average Bonchev–Trinajstić information content (AvgIpc) is 2.80. The molecular weight excluding hydrogens is 171 g/mol. The van der Waals surface area contributed by atoms with Crippen LogP contribution in [0.4, 0.5) is 4.39 Å². The van der Waals surface area contributed by atoms with E-state index in [0.29, 0.717) is 6.42 Å². The summed E-state index contributed by atoms with van der Waals surface area (Å²) in [6.45, 7) is 2.75. The van der Waals surface area contributed by atoms with Gasteiger partial charge in [-0.05, 0) is 31.6 Å². The molecule has 0 radical (unpaired) electrons.